The van der Waals surface area contributed by atoms with E-state index in [0.717, 1.165) is 12.5 Å². The summed E-state index contributed by atoms with van der Waals surface area (Å²) in [7, 11) is 4.73. The molecule has 6 N–H and O–H groups in total. The lowest BCUT2D eigenvalue weighted by Gasteiger charge is -2.28. The second-order valence-electron chi connectivity index (χ2n) is 20.6. The van der Waals surface area contributed by atoms with Crippen molar-refractivity contribution in [2.45, 2.75) is 92.3 Å². The minimum absolute atomic E-state index is 0. The first-order chi connectivity index (χ1) is 34.2. The number of sulfonamides is 5. The smallest absolute Gasteiger partial charge is 0.272 e. The molecule has 0 bridgehead atoms. The molecule has 2 aliphatic heterocycles. The molecule has 2 rings (SSSR count). The van der Waals surface area contributed by atoms with E-state index in [1.165, 1.54) is 57.6 Å². The molecule has 0 saturated carbocycles. The van der Waals surface area contributed by atoms with Crippen molar-refractivity contribution >= 4 is 133 Å². The molecule has 0 atom stereocenters. The molecule has 0 aliphatic carbocycles. The van der Waals surface area contributed by atoms with Gasteiger partial charge in [-0.05, 0) is 105 Å². The number of isothiocyanates is 1. The molecule has 37 heteroatoms. The van der Waals surface area contributed by atoms with Crippen molar-refractivity contribution in [2.24, 2.45) is 39.6 Å². The van der Waals surface area contributed by atoms with Crippen molar-refractivity contribution in [1.82, 2.24) is 39.2 Å². The van der Waals surface area contributed by atoms with Gasteiger partial charge in [0.05, 0.1) is 23.4 Å². The Hall–Kier alpha value is -3.56. The fourth-order valence-electron chi connectivity index (χ4n) is 4.49. The van der Waals surface area contributed by atoms with Crippen LogP contribution in [0.5, 0.6) is 0 Å². The average molecular weight is 1270 g/mol. The Bertz CT molecular complexity index is 2580. The van der Waals surface area contributed by atoms with E-state index in [4.69, 9.17) is 44.8 Å². The van der Waals surface area contributed by atoms with Crippen LogP contribution in [0.3, 0.4) is 0 Å². The van der Waals surface area contributed by atoms with Crippen LogP contribution in [0.2, 0.25) is 0 Å². The van der Waals surface area contributed by atoms with Crippen molar-refractivity contribution < 1.29 is 61.2 Å². The summed E-state index contributed by atoms with van der Waals surface area (Å²) in [6.45, 7) is 18.0. The van der Waals surface area contributed by atoms with Gasteiger partial charge in [-0.25, -0.2) is 57.4 Å². The number of likely N-dealkylation sites (N-methyl/N-ethyl adjacent to an activating group) is 2. The molecule has 2 saturated heterocycles. The first kappa shape index (κ1) is 85.7. The number of ether oxygens (including phenoxy) is 2. The van der Waals surface area contributed by atoms with Crippen molar-refractivity contribution in [1.29, 1.82) is 0 Å². The monoisotopic (exact) mass is 1270 g/mol. The van der Waals surface area contributed by atoms with Crippen molar-refractivity contribution in [2.75, 3.05) is 122 Å². The first-order valence-electron chi connectivity index (χ1n) is 22.2. The summed E-state index contributed by atoms with van der Waals surface area (Å²) in [5.74, 6) is -1.26. The van der Waals surface area contributed by atoms with Gasteiger partial charge < -0.3 is 39.7 Å². The predicted octanol–water partition coefficient (Wildman–Crippen LogP) is -0.249. The van der Waals surface area contributed by atoms with E-state index in [1.54, 1.807) is 101 Å². The van der Waals surface area contributed by atoms with E-state index in [-0.39, 0.29) is 45.2 Å². The van der Waals surface area contributed by atoms with Gasteiger partial charge in [0, 0.05) is 83.2 Å². The third-order valence-corrected chi connectivity index (χ3v) is 12.4. The lowest BCUT2D eigenvalue weighted by molar-refractivity contribution is -0.179. The van der Waals surface area contributed by atoms with Gasteiger partial charge in [-0.2, -0.15) is 13.2 Å². The highest BCUT2D eigenvalue weighted by atomic mass is 32.2. The maximum absolute atomic E-state index is 12.0. The van der Waals surface area contributed by atoms with Crippen LogP contribution < -0.4 is 16.0 Å². The Morgan fingerprint density at radius 1 is 0.641 bits per heavy atom. The van der Waals surface area contributed by atoms with Crippen molar-refractivity contribution in [3.63, 3.8) is 0 Å². The fraction of sp³-hybridized carbons (Fsp3) is 0.805. The largest absolute Gasteiger partial charge is 0.368 e. The fourth-order valence-corrected chi connectivity index (χ4v) is 9.24. The van der Waals surface area contributed by atoms with Gasteiger partial charge in [0.25, 0.3) is 41.9 Å². The average Bonchev–Trinajstić information content (AvgIpc) is 3.44. The molecular weight excluding hydrogens is 1180 g/mol. The summed E-state index contributed by atoms with van der Waals surface area (Å²) in [6.07, 6.45) is 5.53. The van der Waals surface area contributed by atoms with Crippen LogP contribution in [-0.2, 0) is 69.2 Å². The topological polar surface area (TPSA) is 377 Å². The summed E-state index contributed by atoms with van der Waals surface area (Å²) in [5.41, 5.74) is 3.17. The van der Waals surface area contributed by atoms with Crippen molar-refractivity contribution in [3.8, 4) is 0 Å². The van der Waals surface area contributed by atoms with Gasteiger partial charge in [0.1, 0.15) is 41.8 Å². The molecule has 2 amide bonds. The SMILES string of the molecule is CC(C)(C)N.CN(C)C=NS(=O)(=O)CC(C)(C)C.CN(C)C=NS(=O)(=O)CN1C(=S)N(C)C(=O)C1(C)C.CN(C)C=NS(C)(=O)=O.CN1C(=O)C(C)(C)N(CS(N)(=O)=O)C1=S.CN=C=S.COC(OC)N(C)C.CS(N)(=O)=O. The van der Waals surface area contributed by atoms with Crippen LogP contribution in [0.25, 0.3) is 0 Å². The second-order valence-corrected chi connectivity index (χ2v) is 29.7. The van der Waals surface area contributed by atoms with Gasteiger partial charge in [-0.1, -0.05) is 20.8 Å². The number of amides is 2. The first-order valence-corrected chi connectivity index (χ1v) is 32.2. The molecule has 78 heavy (non-hydrogen) atoms. The maximum atomic E-state index is 12.0. The standard InChI is InChI=1S/C10H18N4O3S2.C8H18N2O2S.C7H13N3O3S2.C5H13NO2.C4H10N2O2S.C4H11N.C2H3NS.CH5NO2S/c1-10(2)8(15)13(5)9(18)14(10)7-19(16,17)11-6-12(3)4;1-8(2,3)6-13(11,12)9-7-10(4)5;1-7(2)5(11)9(3)6(14)10(7)4-15(8,12)13;1-6(2)5(7-3)8-4;1-6(2)4-5-9(3,7)8;1-4(2,3)5;1-3-2-4;1-5(2,3)4/h6H,7H2,1-5H3;7H,6H2,1-5H3;4H2,1-3H3,(H2,8,12,13);5H,1-4H3;4H,1-3H3;5H2,1-3H3;1H3;1H3,(H2,2,3,4). The van der Waals surface area contributed by atoms with Crippen molar-refractivity contribution in [3.05, 3.63) is 0 Å². The molecule has 462 valence electrons. The van der Waals surface area contributed by atoms with E-state index in [2.05, 4.69) is 40.7 Å². The zero-order chi connectivity index (χ0) is 64.2. The number of hydrogen-bond acceptors (Lipinski definition) is 20. The van der Waals surface area contributed by atoms with Gasteiger partial charge in [-0.3, -0.25) is 24.3 Å². The minimum atomic E-state index is -3.72. The third kappa shape index (κ3) is 48.4. The second kappa shape index (κ2) is 36.7. The summed E-state index contributed by atoms with van der Waals surface area (Å²) >= 11 is 14.2. The Balaban J connectivity index is -0.000000200. The molecule has 2 aliphatic rings. The lowest BCUT2D eigenvalue weighted by atomic mass is 10.0. The van der Waals surface area contributed by atoms with E-state index < -0.39 is 72.9 Å². The highest BCUT2D eigenvalue weighted by Crippen LogP contribution is 2.28. The Morgan fingerprint density at radius 2 is 0.910 bits per heavy atom. The number of carbonyl (C=O) groups excluding carboxylic acids is 2. The number of carbonyl (C=O) groups is 2. The molecule has 29 nitrogen and oxygen atoms in total. The van der Waals surface area contributed by atoms with Gasteiger partial charge in [0.15, 0.2) is 10.2 Å². The number of rotatable bonds is 14. The third-order valence-electron chi connectivity index (χ3n) is 7.52. The Labute approximate surface area is 483 Å². The van der Waals surface area contributed by atoms with Crippen LogP contribution in [0.4, 0.5) is 0 Å². The molecule has 0 spiro atoms. The van der Waals surface area contributed by atoms with Crippen LogP contribution in [0, 0.1) is 5.41 Å². The lowest BCUT2D eigenvalue weighted by Crippen LogP contribution is -2.47. The Kier molecular flexibility index (Phi) is 40.4. The maximum Gasteiger partial charge on any atom is 0.272 e. The minimum Gasteiger partial charge on any atom is -0.368 e. The van der Waals surface area contributed by atoms with E-state index in [0.29, 0.717) is 0 Å². The number of methoxy groups -OCH3 is 2. The molecule has 0 radical (unpaired) electrons. The zero-order valence-corrected chi connectivity index (χ0v) is 56.5. The summed E-state index contributed by atoms with van der Waals surface area (Å²) < 4.78 is 128. The number of thiocarbonyl (C=S) groups is 3. The highest BCUT2D eigenvalue weighted by molar-refractivity contribution is 7.90. The normalized spacial score (nSPS) is 15.5. The van der Waals surface area contributed by atoms with Crippen LogP contribution in [0.1, 0.15) is 69.2 Å². The zero-order valence-electron chi connectivity index (χ0n) is 50.0. The number of nitrogens with zero attached hydrogens (tertiary/aromatic N) is 12. The molecule has 2 fully saturated rings. The predicted molar refractivity (Wildman–Crippen MR) is 324 cm³/mol. The quantitative estimate of drug-likeness (QED) is 0.0874. The molecule has 0 aromatic heterocycles. The number of hydrogen-bond donors (Lipinski definition) is 3. The van der Waals surface area contributed by atoms with Crippen LogP contribution >= 0.6 is 36.7 Å². The molecule has 0 aromatic carbocycles. The van der Waals surface area contributed by atoms with Crippen LogP contribution in [0.15, 0.2) is 18.2 Å². The summed E-state index contributed by atoms with van der Waals surface area (Å²) in [5, 5.41) is 11.8. The number of aliphatic imine (C=N–C) groups is 1. The highest BCUT2D eigenvalue weighted by Gasteiger charge is 2.49. The van der Waals surface area contributed by atoms with Gasteiger partial charge in [0.2, 0.25) is 26.5 Å². The molecule has 0 aromatic rings. The van der Waals surface area contributed by atoms with E-state index in [9.17, 15) is 51.7 Å². The van der Waals surface area contributed by atoms with Gasteiger partial charge >= 0.3 is 0 Å². The van der Waals surface area contributed by atoms with Crippen LogP contribution in [-0.4, -0.2) is 272 Å². The number of primary sulfonamides is 2. The van der Waals surface area contributed by atoms with E-state index in [1.807, 2.05) is 60.5 Å². The molecular formula is C41H91N15O14S8. The molecule has 0 unspecified atom stereocenters. The van der Waals surface area contributed by atoms with Gasteiger partial charge in [-0.15, -0.1) is 0 Å². The Morgan fingerprint density at radius 3 is 1.08 bits per heavy atom. The summed E-state index contributed by atoms with van der Waals surface area (Å²) in [6, 6.07) is 0. The summed E-state index contributed by atoms with van der Waals surface area (Å²) in [4.78, 5) is 38.7. The number of nitrogens with two attached hydrogens (primary N) is 3. The molecule has 2 heterocycles. The van der Waals surface area contributed by atoms with E-state index >= 15 is 0 Å².